The van der Waals surface area contributed by atoms with Crippen LogP contribution in [0.5, 0.6) is 0 Å². The lowest BCUT2D eigenvalue weighted by molar-refractivity contribution is -0.143. The van der Waals surface area contributed by atoms with Gasteiger partial charge in [-0.25, -0.2) is 9.78 Å². The van der Waals surface area contributed by atoms with Crippen LogP contribution < -0.4 is 5.63 Å². The molecule has 0 saturated carbocycles. The van der Waals surface area contributed by atoms with Crippen LogP contribution >= 0.6 is 0 Å². The number of aromatic nitrogens is 1. The molecule has 0 spiro atoms. The Hall–Kier alpha value is -2.69. The Morgan fingerprint density at radius 1 is 1.28 bits per heavy atom. The van der Waals surface area contributed by atoms with Gasteiger partial charge < -0.3 is 9.15 Å². The van der Waals surface area contributed by atoms with Gasteiger partial charge in [0.15, 0.2) is 5.58 Å². The second-order valence-corrected chi connectivity index (χ2v) is 6.33. The Morgan fingerprint density at radius 2 is 2.12 bits per heavy atom. The Labute approximate surface area is 144 Å². The minimum atomic E-state index is -0.477. The van der Waals surface area contributed by atoms with Crippen molar-refractivity contribution in [2.75, 3.05) is 6.61 Å². The van der Waals surface area contributed by atoms with Crippen LogP contribution in [0.2, 0.25) is 0 Å². The number of ether oxygens (including phenoxy) is 1. The number of aryl methyl sites for hydroxylation is 3. The molecule has 1 heterocycles. The van der Waals surface area contributed by atoms with Crippen LogP contribution in [0.4, 0.5) is 0 Å². The van der Waals surface area contributed by atoms with Crippen molar-refractivity contribution < 1.29 is 13.9 Å². The summed E-state index contributed by atoms with van der Waals surface area (Å²) in [4.78, 5) is 28.4. The summed E-state index contributed by atoms with van der Waals surface area (Å²) in [6, 6.07) is 8.15. The molecular weight excluding hydrogens is 318 g/mol. The van der Waals surface area contributed by atoms with E-state index in [1.165, 1.54) is 16.5 Å². The zero-order chi connectivity index (χ0) is 17.4. The molecule has 0 atom stereocenters. The van der Waals surface area contributed by atoms with Crippen LogP contribution in [-0.2, 0) is 28.8 Å². The van der Waals surface area contributed by atoms with Gasteiger partial charge in [0.05, 0.1) is 13.0 Å². The Morgan fingerprint density at radius 3 is 2.96 bits per heavy atom. The number of fused-ring (bicyclic) bond motifs is 2. The molecule has 0 bridgehead atoms. The fraction of sp³-hybridized carbons (Fsp3) is 0.350. The topological polar surface area (TPSA) is 69.4 Å². The first-order valence-corrected chi connectivity index (χ1v) is 8.70. The van der Waals surface area contributed by atoms with E-state index in [-0.39, 0.29) is 24.5 Å². The van der Waals surface area contributed by atoms with Crippen LogP contribution in [0.1, 0.15) is 36.6 Å². The molecule has 128 valence electrons. The highest BCUT2D eigenvalue weighted by Gasteiger charge is 2.18. The van der Waals surface area contributed by atoms with E-state index in [9.17, 15) is 9.59 Å². The molecule has 0 fully saturated rings. The lowest BCUT2D eigenvalue weighted by atomic mass is 9.88. The predicted octanol–water partition coefficient (Wildman–Crippen LogP) is 3.33. The first-order chi connectivity index (χ1) is 12.2. The standard InChI is InChI=1S/C20H19NO4/c1-2-24-17(22)10-9-15-20(23)25-16-11-13-7-3-5-12-6-4-8-14(18(12)13)19(16)21-15/h4,6,8,11H,2-3,5,7,9-10H2,1H3. The highest BCUT2D eigenvalue weighted by molar-refractivity contribution is 6.06. The Balaban J connectivity index is 1.84. The molecule has 5 nitrogen and oxygen atoms in total. The van der Waals surface area contributed by atoms with Crippen LogP contribution in [0.3, 0.4) is 0 Å². The van der Waals surface area contributed by atoms with Crippen LogP contribution in [-0.4, -0.2) is 17.6 Å². The van der Waals surface area contributed by atoms with Gasteiger partial charge in [0.25, 0.3) is 0 Å². The lowest BCUT2D eigenvalue weighted by Gasteiger charge is -2.18. The van der Waals surface area contributed by atoms with E-state index >= 15 is 0 Å². The number of hydrogen-bond acceptors (Lipinski definition) is 5. The van der Waals surface area contributed by atoms with Crippen molar-refractivity contribution in [2.24, 2.45) is 0 Å². The molecule has 25 heavy (non-hydrogen) atoms. The molecule has 1 aliphatic carbocycles. The number of esters is 1. The largest absolute Gasteiger partial charge is 0.466 e. The van der Waals surface area contributed by atoms with E-state index in [1.807, 2.05) is 18.2 Å². The van der Waals surface area contributed by atoms with E-state index in [2.05, 4.69) is 11.1 Å². The summed E-state index contributed by atoms with van der Waals surface area (Å²) in [6.45, 7) is 2.08. The van der Waals surface area contributed by atoms with Gasteiger partial charge in [-0.15, -0.1) is 0 Å². The molecule has 0 unspecified atom stereocenters. The minimum absolute atomic E-state index is 0.123. The summed E-state index contributed by atoms with van der Waals surface area (Å²) in [6.07, 6.45) is 3.49. The fourth-order valence-corrected chi connectivity index (χ4v) is 3.63. The molecule has 3 aromatic rings. The summed E-state index contributed by atoms with van der Waals surface area (Å²) in [7, 11) is 0. The molecule has 1 aromatic heterocycles. The first kappa shape index (κ1) is 15.8. The zero-order valence-electron chi connectivity index (χ0n) is 14.1. The van der Waals surface area contributed by atoms with E-state index < -0.39 is 5.63 Å². The van der Waals surface area contributed by atoms with Gasteiger partial charge in [0.1, 0.15) is 11.2 Å². The zero-order valence-corrected chi connectivity index (χ0v) is 14.1. The van der Waals surface area contributed by atoms with Crippen molar-refractivity contribution in [3.63, 3.8) is 0 Å². The number of carbonyl (C=O) groups excluding carboxylic acids is 1. The van der Waals surface area contributed by atoms with Gasteiger partial charge in [0.2, 0.25) is 0 Å². The van der Waals surface area contributed by atoms with Crippen molar-refractivity contribution in [2.45, 2.75) is 39.0 Å². The average Bonchev–Trinajstić information content (AvgIpc) is 2.61. The van der Waals surface area contributed by atoms with Gasteiger partial charge in [-0.2, -0.15) is 0 Å². The molecule has 0 saturated heterocycles. The fourth-order valence-electron chi connectivity index (χ4n) is 3.63. The molecule has 0 N–H and O–H groups in total. The molecular formula is C20H19NO4. The van der Waals surface area contributed by atoms with Gasteiger partial charge in [-0.1, -0.05) is 18.2 Å². The van der Waals surface area contributed by atoms with Gasteiger partial charge in [0, 0.05) is 11.8 Å². The molecule has 0 aliphatic heterocycles. The SMILES string of the molecule is CCOC(=O)CCc1nc2c(cc3c4c(cccc42)CCC3)oc1=O. The number of benzene rings is 2. The third kappa shape index (κ3) is 2.80. The van der Waals surface area contributed by atoms with Crippen molar-refractivity contribution in [3.8, 4) is 0 Å². The summed E-state index contributed by atoms with van der Waals surface area (Å²) in [5.41, 5.74) is 3.55. The lowest BCUT2D eigenvalue weighted by Crippen LogP contribution is -2.14. The van der Waals surface area contributed by atoms with E-state index in [0.717, 1.165) is 24.6 Å². The molecule has 0 radical (unpaired) electrons. The predicted molar refractivity (Wildman–Crippen MR) is 94.8 cm³/mol. The maximum absolute atomic E-state index is 12.2. The first-order valence-electron chi connectivity index (χ1n) is 8.70. The van der Waals surface area contributed by atoms with Crippen molar-refractivity contribution in [3.05, 3.63) is 51.5 Å². The summed E-state index contributed by atoms with van der Waals surface area (Å²) in [5.74, 6) is -0.333. The van der Waals surface area contributed by atoms with Crippen molar-refractivity contribution in [1.29, 1.82) is 0 Å². The molecule has 0 amide bonds. The third-order valence-electron chi connectivity index (χ3n) is 4.71. The average molecular weight is 337 g/mol. The van der Waals surface area contributed by atoms with E-state index in [1.54, 1.807) is 6.92 Å². The second kappa shape index (κ2) is 6.31. The molecule has 5 heteroatoms. The van der Waals surface area contributed by atoms with Crippen molar-refractivity contribution >= 4 is 27.8 Å². The van der Waals surface area contributed by atoms with Crippen LogP contribution in [0, 0.1) is 0 Å². The normalized spacial score (nSPS) is 13.3. The second-order valence-electron chi connectivity index (χ2n) is 6.33. The molecule has 4 rings (SSSR count). The molecule has 2 aromatic carbocycles. The number of carbonyl (C=O) groups is 1. The number of nitrogens with zero attached hydrogens (tertiary/aromatic N) is 1. The monoisotopic (exact) mass is 337 g/mol. The van der Waals surface area contributed by atoms with Gasteiger partial charge >= 0.3 is 11.6 Å². The highest BCUT2D eigenvalue weighted by Crippen LogP contribution is 2.34. The summed E-state index contributed by atoms with van der Waals surface area (Å²) >= 11 is 0. The number of hydrogen-bond donors (Lipinski definition) is 0. The summed E-state index contributed by atoms with van der Waals surface area (Å²) < 4.78 is 10.4. The Kier molecular flexibility index (Phi) is 3.99. The van der Waals surface area contributed by atoms with Crippen LogP contribution in [0.15, 0.2) is 33.5 Å². The van der Waals surface area contributed by atoms with Gasteiger partial charge in [-0.05, 0) is 48.8 Å². The Bertz CT molecular complexity index is 1040. The van der Waals surface area contributed by atoms with E-state index in [4.69, 9.17) is 9.15 Å². The highest BCUT2D eigenvalue weighted by atomic mass is 16.5. The maximum Gasteiger partial charge on any atom is 0.358 e. The third-order valence-corrected chi connectivity index (χ3v) is 4.71. The van der Waals surface area contributed by atoms with E-state index in [0.29, 0.717) is 17.7 Å². The molecule has 1 aliphatic rings. The van der Waals surface area contributed by atoms with Crippen molar-refractivity contribution in [1.82, 2.24) is 4.98 Å². The maximum atomic E-state index is 12.2. The quantitative estimate of drug-likeness (QED) is 0.539. The van der Waals surface area contributed by atoms with Crippen LogP contribution in [0.25, 0.3) is 21.9 Å². The minimum Gasteiger partial charge on any atom is -0.466 e. The smallest absolute Gasteiger partial charge is 0.358 e. The number of rotatable bonds is 4. The van der Waals surface area contributed by atoms with Gasteiger partial charge in [-0.3, -0.25) is 4.79 Å². The summed E-state index contributed by atoms with van der Waals surface area (Å²) in [5, 5.41) is 2.25.